The molecule has 5 nitrogen and oxygen atoms in total. The molecule has 1 N–H and O–H groups in total. The van der Waals surface area contributed by atoms with Gasteiger partial charge in [0.2, 0.25) is 0 Å². The first-order valence-electron chi connectivity index (χ1n) is 8.04. The van der Waals surface area contributed by atoms with Crippen molar-refractivity contribution in [2.24, 2.45) is 0 Å². The van der Waals surface area contributed by atoms with Gasteiger partial charge in [-0.25, -0.2) is 4.39 Å². The van der Waals surface area contributed by atoms with Gasteiger partial charge < -0.3 is 14.4 Å². The standard InChI is InChI=1S/C19H18FNO4/c1-3-10-21-16(14-9-4-11(2)25-14)15(18(23)19(21)24)17(22)12-5-7-13(20)8-6-12/h4-9,16,22H,3,10H2,1-2H3/b17-15-. The molecule has 0 radical (unpaired) electrons. The average Bonchev–Trinajstić information content (AvgIpc) is 3.12. The molecule has 2 heterocycles. The Kier molecular flexibility index (Phi) is 4.44. The zero-order chi connectivity index (χ0) is 18.1. The van der Waals surface area contributed by atoms with Gasteiger partial charge in [-0.15, -0.1) is 0 Å². The molecule has 0 saturated carbocycles. The molecule has 2 aromatic rings. The van der Waals surface area contributed by atoms with Crippen LogP contribution >= 0.6 is 0 Å². The van der Waals surface area contributed by atoms with Crippen LogP contribution in [0.3, 0.4) is 0 Å². The topological polar surface area (TPSA) is 70.8 Å². The van der Waals surface area contributed by atoms with Crippen LogP contribution in [0.25, 0.3) is 5.76 Å². The molecule has 1 saturated heterocycles. The van der Waals surface area contributed by atoms with Crippen LogP contribution in [0.4, 0.5) is 4.39 Å². The van der Waals surface area contributed by atoms with Crippen LogP contribution in [-0.4, -0.2) is 28.2 Å². The molecule has 1 unspecified atom stereocenters. The van der Waals surface area contributed by atoms with Crippen LogP contribution in [0.1, 0.15) is 36.5 Å². The lowest BCUT2D eigenvalue weighted by molar-refractivity contribution is -0.140. The number of carbonyl (C=O) groups is 2. The molecule has 1 aromatic carbocycles. The maximum atomic E-state index is 13.1. The van der Waals surface area contributed by atoms with Crippen LogP contribution < -0.4 is 0 Å². The number of aliphatic hydroxyl groups excluding tert-OH is 1. The Morgan fingerprint density at radius 1 is 1.20 bits per heavy atom. The Hall–Kier alpha value is -2.89. The number of benzene rings is 1. The maximum Gasteiger partial charge on any atom is 0.295 e. The minimum atomic E-state index is -0.793. The van der Waals surface area contributed by atoms with Crippen LogP contribution in [0.15, 0.2) is 46.4 Å². The van der Waals surface area contributed by atoms with E-state index in [1.807, 2.05) is 6.92 Å². The summed E-state index contributed by atoms with van der Waals surface area (Å²) in [4.78, 5) is 26.4. The van der Waals surface area contributed by atoms with Crippen molar-refractivity contribution >= 4 is 17.4 Å². The largest absolute Gasteiger partial charge is 0.507 e. The van der Waals surface area contributed by atoms with Crippen molar-refractivity contribution in [1.29, 1.82) is 0 Å². The number of amides is 1. The first kappa shape index (κ1) is 17.0. The van der Waals surface area contributed by atoms with Gasteiger partial charge in [-0.05, 0) is 49.7 Å². The van der Waals surface area contributed by atoms with Gasteiger partial charge in [0.25, 0.3) is 11.7 Å². The molecule has 3 rings (SSSR count). The zero-order valence-corrected chi connectivity index (χ0v) is 14.0. The number of aryl methyl sites for hydroxylation is 1. The number of likely N-dealkylation sites (tertiary alicyclic amines) is 1. The summed E-state index contributed by atoms with van der Waals surface area (Å²) in [5.74, 6) is -1.19. The number of halogens is 1. The van der Waals surface area contributed by atoms with Crippen molar-refractivity contribution < 1.29 is 23.5 Å². The maximum absolute atomic E-state index is 13.1. The first-order chi connectivity index (χ1) is 11.9. The van der Waals surface area contributed by atoms with Crippen LogP contribution in [0.5, 0.6) is 0 Å². The van der Waals surface area contributed by atoms with Gasteiger partial charge in [0.1, 0.15) is 29.1 Å². The molecule has 1 aromatic heterocycles. The van der Waals surface area contributed by atoms with Crippen LogP contribution in [0.2, 0.25) is 0 Å². The zero-order valence-electron chi connectivity index (χ0n) is 14.0. The average molecular weight is 343 g/mol. The van der Waals surface area contributed by atoms with E-state index in [4.69, 9.17) is 4.42 Å². The second-order valence-corrected chi connectivity index (χ2v) is 5.95. The summed E-state index contributed by atoms with van der Waals surface area (Å²) in [5.41, 5.74) is 0.226. The summed E-state index contributed by atoms with van der Waals surface area (Å²) in [6, 6.07) is 7.72. The summed E-state index contributed by atoms with van der Waals surface area (Å²) in [5, 5.41) is 10.6. The van der Waals surface area contributed by atoms with Gasteiger partial charge >= 0.3 is 0 Å². The fraction of sp³-hybridized carbons (Fsp3) is 0.263. The van der Waals surface area contributed by atoms with E-state index in [1.54, 1.807) is 19.1 Å². The van der Waals surface area contributed by atoms with Gasteiger partial charge in [0.05, 0.1) is 5.57 Å². The Morgan fingerprint density at radius 2 is 1.88 bits per heavy atom. The van der Waals surface area contributed by atoms with E-state index < -0.39 is 23.5 Å². The molecule has 1 fully saturated rings. The van der Waals surface area contributed by atoms with E-state index in [9.17, 15) is 19.1 Å². The van der Waals surface area contributed by atoms with E-state index in [0.29, 0.717) is 24.5 Å². The van der Waals surface area contributed by atoms with E-state index in [2.05, 4.69) is 0 Å². The third-order valence-corrected chi connectivity index (χ3v) is 4.15. The van der Waals surface area contributed by atoms with E-state index in [-0.39, 0.29) is 16.9 Å². The van der Waals surface area contributed by atoms with Crippen molar-refractivity contribution in [1.82, 2.24) is 4.90 Å². The second kappa shape index (κ2) is 6.55. The van der Waals surface area contributed by atoms with E-state index >= 15 is 0 Å². The summed E-state index contributed by atoms with van der Waals surface area (Å²) in [6.45, 7) is 4.01. The lowest BCUT2D eigenvalue weighted by Gasteiger charge is -2.22. The normalized spacial score (nSPS) is 19.6. The highest BCUT2D eigenvalue weighted by atomic mass is 19.1. The van der Waals surface area contributed by atoms with Gasteiger partial charge in [-0.3, -0.25) is 9.59 Å². The Balaban J connectivity index is 2.16. The predicted octanol–water partition coefficient (Wildman–Crippen LogP) is 3.56. The molecule has 1 aliphatic heterocycles. The number of Topliss-reactive ketones (excluding diaryl/α,β-unsaturated/α-hetero) is 1. The van der Waals surface area contributed by atoms with Gasteiger partial charge in [0, 0.05) is 12.1 Å². The summed E-state index contributed by atoms with van der Waals surface area (Å²) in [6.07, 6.45) is 0.653. The fourth-order valence-electron chi connectivity index (χ4n) is 3.01. The van der Waals surface area contributed by atoms with E-state index in [1.165, 1.54) is 29.2 Å². The molecule has 1 aliphatic rings. The summed E-state index contributed by atoms with van der Waals surface area (Å²) < 4.78 is 18.8. The molecule has 1 amide bonds. The molecule has 25 heavy (non-hydrogen) atoms. The first-order valence-corrected chi connectivity index (χ1v) is 8.04. The van der Waals surface area contributed by atoms with Crippen LogP contribution in [-0.2, 0) is 9.59 Å². The Morgan fingerprint density at radius 3 is 2.44 bits per heavy atom. The number of nitrogens with zero attached hydrogens (tertiary/aromatic N) is 1. The van der Waals surface area contributed by atoms with Gasteiger partial charge in [-0.1, -0.05) is 6.92 Å². The van der Waals surface area contributed by atoms with Crippen LogP contribution in [0, 0.1) is 12.7 Å². The SMILES string of the molecule is CCCN1C(=O)C(=O)/C(=C(\O)c2ccc(F)cc2)C1c1ccc(C)o1. The number of aliphatic hydroxyl groups is 1. The lowest BCUT2D eigenvalue weighted by atomic mass is 9.99. The number of carbonyl (C=O) groups excluding carboxylic acids is 2. The molecule has 130 valence electrons. The molecule has 1 atom stereocenters. The van der Waals surface area contributed by atoms with E-state index in [0.717, 1.165) is 0 Å². The summed E-state index contributed by atoms with van der Waals surface area (Å²) >= 11 is 0. The summed E-state index contributed by atoms with van der Waals surface area (Å²) in [7, 11) is 0. The smallest absolute Gasteiger partial charge is 0.295 e. The lowest BCUT2D eigenvalue weighted by Crippen LogP contribution is -2.30. The van der Waals surface area contributed by atoms with Crippen molar-refractivity contribution in [3.63, 3.8) is 0 Å². The van der Waals surface area contributed by atoms with Gasteiger partial charge in [-0.2, -0.15) is 0 Å². The van der Waals surface area contributed by atoms with Crippen molar-refractivity contribution in [3.8, 4) is 0 Å². The highest BCUT2D eigenvalue weighted by molar-refractivity contribution is 6.46. The number of rotatable bonds is 4. The third kappa shape index (κ3) is 2.95. The second-order valence-electron chi connectivity index (χ2n) is 5.95. The number of hydrogen-bond donors (Lipinski definition) is 1. The molecule has 0 spiro atoms. The monoisotopic (exact) mass is 343 g/mol. The highest BCUT2D eigenvalue weighted by Gasteiger charge is 2.47. The van der Waals surface area contributed by atoms with Crippen molar-refractivity contribution in [2.75, 3.05) is 6.54 Å². The third-order valence-electron chi connectivity index (χ3n) is 4.15. The number of furan rings is 1. The molecular weight excluding hydrogens is 325 g/mol. The highest BCUT2D eigenvalue weighted by Crippen LogP contribution is 2.39. The minimum absolute atomic E-state index is 0.0422. The number of ketones is 1. The Bertz CT molecular complexity index is 851. The van der Waals surface area contributed by atoms with Gasteiger partial charge in [0.15, 0.2) is 0 Å². The molecule has 6 heteroatoms. The predicted molar refractivity (Wildman–Crippen MR) is 89.1 cm³/mol. The molecule has 0 bridgehead atoms. The Labute approximate surface area is 144 Å². The number of hydrogen-bond acceptors (Lipinski definition) is 4. The molecule has 0 aliphatic carbocycles. The quantitative estimate of drug-likeness (QED) is 0.523. The minimum Gasteiger partial charge on any atom is -0.507 e. The van der Waals surface area contributed by atoms with Crippen molar-refractivity contribution in [2.45, 2.75) is 26.3 Å². The molecular formula is C19H18FNO4. The fourth-order valence-corrected chi connectivity index (χ4v) is 3.01. The van der Waals surface area contributed by atoms with Crippen molar-refractivity contribution in [3.05, 3.63) is 64.9 Å².